The normalized spacial score (nSPS) is 10.6. The van der Waals surface area contributed by atoms with Crippen molar-refractivity contribution in [3.05, 3.63) is 78.6 Å². The predicted molar refractivity (Wildman–Crippen MR) is 96.9 cm³/mol. The molecule has 0 aliphatic carbocycles. The van der Waals surface area contributed by atoms with Crippen molar-refractivity contribution in [1.29, 1.82) is 0 Å². The second-order valence-corrected chi connectivity index (χ2v) is 6.21. The maximum absolute atomic E-state index is 12.4. The van der Waals surface area contributed by atoms with Crippen molar-refractivity contribution in [3.8, 4) is 16.3 Å². The molecule has 0 aliphatic rings. The number of hydrogen-bond donors (Lipinski definition) is 1. The lowest BCUT2D eigenvalue weighted by Crippen LogP contribution is -2.11. The van der Waals surface area contributed by atoms with E-state index >= 15 is 0 Å². The number of carbonyl (C=O) groups is 1. The Kier molecular flexibility index (Phi) is 4.05. The smallest absolute Gasteiger partial charge is 0.257 e. The van der Waals surface area contributed by atoms with Gasteiger partial charge < -0.3 is 0 Å². The van der Waals surface area contributed by atoms with E-state index in [0.29, 0.717) is 10.7 Å². The number of benzene rings is 2. The molecule has 0 unspecified atom stereocenters. The molecule has 7 heteroatoms. The number of hydrogen-bond acceptors (Lipinski definition) is 5. The van der Waals surface area contributed by atoms with Crippen LogP contribution in [0.15, 0.2) is 73.1 Å². The van der Waals surface area contributed by atoms with Gasteiger partial charge in [0.15, 0.2) is 0 Å². The van der Waals surface area contributed by atoms with Crippen LogP contribution in [-0.2, 0) is 0 Å². The molecule has 0 fully saturated rings. The Morgan fingerprint density at radius 1 is 0.960 bits per heavy atom. The van der Waals surface area contributed by atoms with Gasteiger partial charge in [-0.3, -0.25) is 10.1 Å². The molecule has 0 radical (unpaired) electrons. The summed E-state index contributed by atoms with van der Waals surface area (Å²) in [6.45, 7) is 0. The third-order valence-electron chi connectivity index (χ3n) is 3.56. The van der Waals surface area contributed by atoms with E-state index in [2.05, 4.69) is 20.6 Å². The first kappa shape index (κ1) is 15.2. The van der Waals surface area contributed by atoms with Gasteiger partial charge >= 0.3 is 0 Å². The molecule has 0 saturated carbocycles. The van der Waals surface area contributed by atoms with Crippen LogP contribution in [0.25, 0.3) is 16.3 Å². The fourth-order valence-corrected chi connectivity index (χ4v) is 3.07. The predicted octanol–water partition coefficient (Wildman–Crippen LogP) is 3.64. The summed E-state index contributed by atoms with van der Waals surface area (Å²) in [5.41, 5.74) is 2.42. The van der Waals surface area contributed by atoms with E-state index in [4.69, 9.17) is 0 Å². The van der Waals surface area contributed by atoms with Crippen LogP contribution in [0, 0.1) is 0 Å². The molecule has 25 heavy (non-hydrogen) atoms. The molecule has 6 nitrogen and oxygen atoms in total. The van der Waals surface area contributed by atoms with Gasteiger partial charge in [-0.05, 0) is 30.3 Å². The maximum atomic E-state index is 12.4. The zero-order valence-electron chi connectivity index (χ0n) is 13.0. The summed E-state index contributed by atoms with van der Waals surface area (Å²) in [7, 11) is 0. The molecule has 2 heterocycles. The molecule has 122 valence electrons. The highest BCUT2D eigenvalue weighted by atomic mass is 32.1. The first-order valence-corrected chi connectivity index (χ1v) is 8.41. The molecule has 4 rings (SSSR count). The van der Waals surface area contributed by atoms with E-state index in [1.165, 1.54) is 11.3 Å². The number of nitrogens with one attached hydrogen (secondary N) is 1. The van der Waals surface area contributed by atoms with E-state index in [9.17, 15) is 4.79 Å². The molecule has 0 atom stereocenters. The highest BCUT2D eigenvalue weighted by molar-refractivity contribution is 7.18. The van der Waals surface area contributed by atoms with Gasteiger partial charge in [0.05, 0.1) is 5.69 Å². The van der Waals surface area contributed by atoms with Gasteiger partial charge in [-0.1, -0.05) is 41.7 Å². The Hall–Kier alpha value is -3.32. The quantitative estimate of drug-likeness (QED) is 0.612. The number of amides is 1. The topological polar surface area (TPSA) is 72.7 Å². The fraction of sp³-hybridized carbons (Fsp3) is 0. The summed E-state index contributed by atoms with van der Waals surface area (Å²) in [5, 5.41) is 16.3. The third-order valence-corrected chi connectivity index (χ3v) is 4.45. The van der Waals surface area contributed by atoms with Crippen LogP contribution < -0.4 is 5.32 Å². The number of aromatic nitrogens is 4. The Morgan fingerprint density at radius 3 is 2.48 bits per heavy atom. The summed E-state index contributed by atoms with van der Waals surface area (Å²) < 4.78 is 1.73. The van der Waals surface area contributed by atoms with E-state index in [0.717, 1.165) is 16.3 Å². The molecule has 0 saturated heterocycles. The van der Waals surface area contributed by atoms with Crippen LogP contribution in [0.2, 0.25) is 0 Å². The first-order chi connectivity index (χ1) is 12.3. The minimum Gasteiger partial charge on any atom is -0.296 e. The van der Waals surface area contributed by atoms with E-state index in [1.54, 1.807) is 23.0 Å². The molecule has 0 aliphatic heterocycles. The van der Waals surface area contributed by atoms with Crippen molar-refractivity contribution >= 4 is 22.4 Å². The molecule has 1 N–H and O–H groups in total. The van der Waals surface area contributed by atoms with Crippen LogP contribution >= 0.6 is 11.3 Å². The van der Waals surface area contributed by atoms with Crippen LogP contribution in [0.5, 0.6) is 0 Å². The molecule has 2 aromatic heterocycles. The van der Waals surface area contributed by atoms with Crippen LogP contribution in [0.4, 0.5) is 5.13 Å². The maximum Gasteiger partial charge on any atom is 0.257 e. The number of anilines is 1. The van der Waals surface area contributed by atoms with Crippen LogP contribution in [0.1, 0.15) is 10.4 Å². The Balaban J connectivity index is 1.48. The zero-order chi connectivity index (χ0) is 17.1. The lowest BCUT2D eigenvalue weighted by Gasteiger charge is -2.04. The van der Waals surface area contributed by atoms with Gasteiger partial charge in [0, 0.05) is 23.5 Å². The van der Waals surface area contributed by atoms with Crippen molar-refractivity contribution in [2.75, 3.05) is 5.32 Å². The van der Waals surface area contributed by atoms with Gasteiger partial charge in [-0.15, -0.1) is 10.2 Å². The van der Waals surface area contributed by atoms with Crippen molar-refractivity contribution in [3.63, 3.8) is 0 Å². The molecule has 4 aromatic rings. The van der Waals surface area contributed by atoms with E-state index in [-0.39, 0.29) is 5.91 Å². The number of rotatable bonds is 4. The van der Waals surface area contributed by atoms with Crippen molar-refractivity contribution in [2.24, 2.45) is 0 Å². The Labute approximate surface area is 147 Å². The molecule has 0 bridgehead atoms. The third kappa shape index (κ3) is 3.31. The van der Waals surface area contributed by atoms with Gasteiger partial charge in [-0.2, -0.15) is 5.10 Å². The highest BCUT2D eigenvalue weighted by Gasteiger charge is 2.11. The van der Waals surface area contributed by atoms with Crippen LogP contribution in [0.3, 0.4) is 0 Å². The Bertz CT molecular complexity index is 978. The average Bonchev–Trinajstić information content (AvgIpc) is 3.35. The molecular weight excluding hydrogens is 334 g/mol. The fourth-order valence-electron chi connectivity index (χ4n) is 2.33. The SMILES string of the molecule is O=C(Nc1nnc(-c2ccccc2)s1)c1ccc(-n2cccn2)cc1. The zero-order valence-corrected chi connectivity index (χ0v) is 13.9. The summed E-state index contributed by atoms with van der Waals surface area (Å²) in [4.78, 5) is 12.4. The van der Waals surface area contributed by atoms with Gasteiger partial charge in [0.1, 0.15) is 5.01 Å². The van der Waals surface area contributed by atoms with Gasteiger partial charge in [-0.25, -0.2) is 4.68 Å². The minimum atomic E-state index is -0.220. The van der Waals surface area contributed by atoms with Gasteiger partial charge in [0.25, 0.3) is 5.91 Å². The van der Waals surface area contributed by atoms with Gasteiger partial charge in [0.2, 0.25) is 5.13 Å². The standard InChI is InChI=1S/C18H13N5OS/c24-16(13-7-9-15(10-8-13)23-12-4-11-19-23)20-18-22-21-17(25-18)14-5-2-1-3-6-14/h1-12H,(H,20,22,24). The van der Waals surface area contributed by atoms with E-state index in [1.807, 2.05) is 54.7 Å². The van der Waals surface area contributed by atoms with Crippen molar-refractivity contribution in [1.82, 2.24) is 20.0 Å². The summed E-state index contributed by atoms with van der Waals surface area (Å²) in [6, 6.07) is 18.8. The molecule has 1 amide bonds. The number of nitrogens with zero attached hydrogens (tertiary/aromatic N) is 4. The minimum absolute atomic E-state index is 0.220. The molecule has 0 spiro atoms. The summed E-state index contributed by atoms with van der Waals surface area (Å²) in [6.07, 6.45) is 3.56. The Morgan fingerprint density at radius 2 is 1.76 bits per heavy atom. The first-order valence-electron chi connectivity index (χ1n) is 7.60. The van der Waals surface area contributed by atoms with Crippen LogP contribution in [-0.4, -0.2) is 25.9 Å². The van der Waals surface area contributed by atoms with Crippen molar-refractivity contribution in [2.45, 2.75) is 0 Å². The second kappa shape index (κ2) is 6.66. The number of carbonyl (C=O) groups excluding carboxylic acids is 1. The van der Waals surface area contributed by atoms with E-state index < -0.39 is 0 Å². The monoisotopic (exact) mass is 347 g/mol. The summed E-state index contributed by atoms with van der Waals surface area (Å²) in [5.74, 6) is -0.220. The molecular formula is C18H13N5OS. The highest BCUT2D eigenvalue weighted by Crippen LogP contribution is 2.26. The lowest BCUT2D eigenvalue weighted by atomic mass is 10.2. The molecule has 2 aromatic carbocycles. The lowest BCUT2D eigenvalue weighted by molar-refractivity contribution is 0.102. The van der Waals surface area contributed by atoms with Crippen molar-refractivity contribution < 1.29 is 4.79 Å². The largest absolute Gasteiger partial charge is 0.296 e. The summed E-state index contributed by atoms with van der Waals surface area (Å²) >= 11 is 1.34. The average molecular weight is 347 g/mol. The second-order valence-electron chi connectivity index (χ2n) is 5.23.